The van der Waals surface area contributed by atoms with Crippen molar-refractivity contribution in [3.8, 4) is 0 Å². The van der Waals surface area contributed by atoms with Crippen molar-refractivity contribution < 1.29 is 4.79 Å². The average molecular weight is 282 g/mol. The number of hydrogen-bond acceptors (Lipinski definition) is 3. The van der Waals surface area contributed by atoms with Crippen LogP contribution in [0.3, 0.4) is 0 Å². The van der Waals surface area contributed by atoms with Gasteiger partial charge >= 0.3 is 0 Å². The second-order valence-electron chi connectivity index (χ2n) is 4.63. The first-order valence-corrected chi connectivity index (χ1v) is 6.63. The molecule has 0 fully saturated rings. The third kappa shape index (κ3) is 2.84. The van der Waals surface area contributed by atoms with Gasteiger partial charge in [-0.25, -0.2) is 4.98 Å². The smallest absolute Gasteiger partial charge is 0.256 e. The van der Waals surface area contributed by atoms with Crippen LogP contribution >= 0.6 is 0 Å². The van der Waals surface area contributed by atoms with E-state index in [4.69, 9.17) is 0 Å². The summed E-state index contributed by atoms with van der Waals surface area (Å²) in [6, 6.07) is 9.07. The van der Waals surface area contributed by atoms with E-state index >= 15 is 0 Å². The van der Waals surface area contributed by atoms with Crippen molar-refractivity contribution in [2.45, 2.75) is 6.42 Å². The van der Waals surface area contributed by atoms with Gasteiger partial charge in [-0.2, -0.15) is 0 Å². The maximum atomic E-state index is 11.9. The standard InChI is InChI=1S/C15H14N4O2/c20-13-5-7-16-9-10(13)15(21)17-8-6-14-18-11-3-1-2-4-12(11)19-14/h1-5,7,9H,6,8H2,(H,16,20)(H,17,21)(H,18,19). The van der Waals surface area contributed by atoms with Crippen LogP contribution in [-0.2, 0) is 6.42 Å². The molecule has 0 aliphatic rings. The number of para-hydroxylation sites is 2. The van der Waals surface area contributed by atoms with E-state index in [0.717, 1.165) is 16.9 Å². The van der Waals surface area contributed by atoms with Gasteiger partial charge in [0, 0.05) is 31.4 Å². The zero-order chi connectivity index (χ0) is 14.7. The number of aromatic amines is 2. The Labute approximate surface area is 120 Å². The molecule has 3 aromatic rings. The van der Waals surface area contributed by atoms with Gasteiger partial charge in [-0.15, -0.1) is 0 Å². The van der Waals surface area contributed by atoms with Crippen LogP contribution in [-0.4, -0.2) is 27.4 Å². The maximum absolute atomic E-state index is 11.9. The van der Waals surface area contributed by atoms with E-state index < -0.39 is 0 Å². The number of rotatable bonds is 4. The van der Waals surface area contributed by atoms with Crippen molar-refractivity contribution in [3.63, 3.8) is 0 Å². The first-order chi connectivity index (χ1) is 10.2. The molecule has 2 heterocycles. The number of nitrogens with zero attached hydrogens (tertiary/aromatic N) is 1. The number of aromatic nitrogens is 3. The highest BCUT2D eigenvalue weighted by atomic mass is 16.2. The Morgan fingerprint density at radius 1 is 1.24 bits per heavy atom. The Kier molecular flexibility index (Phi) is 3.51. The summed E-state index contributed by atoms with van der Waals surface area (Å²) in [4.78, 5) is 33.7. The van der Waals surface area contributed by atoms with Crippen molar-refractivity contribution >= 4 is 16.9 Å². The monoisotopic (exact) mass is 282 g/mol. The van der Waals surface area contributed by atoms with Crippen LogP contribution in [0.1, 0.15) is 16.2 Å². The molecule has 2 aromatic heterocycles. The van der Waals surface area contributed by atoms with Gasteiger partial charge in [-0.3, -0.25) is 9.59 Å². The molecule has 6 nitrogen and oxygen atoms in total. The molecule has 0 aliphatic heterocycles. The molecule has 0 radical (unpaired) electrons. The van der Waals surface area contributed by atoms with Crippen LogP contribution in [0.4, 0.5) is 0 Å². The van der Waals surface area contributed by atoms with Crippen molar-refractivity contribution in [1.82, 2.24) is 20.3 Å². The van der Waals surface area contributed by atoms with Gasteiger partial charge in [0.1, 0.15) is 11.4 Å². The van der Waals surface area contributed by atoms with Gasteiger partial charge in [-0.1, -0.05) is 12.1 Å². The summed E-state index contributed by atoms with van der Waals surface area (Å²) in [7, 11) is 0. The highest BCUT2D eigenvalue weighted by molar-refractivity contribution is 5.93. The molecule has 0 bridgehead atoms. The molecule has 0 saturated carbocycles. The van der Waals surface area contributed by atoms with Crippen molar-refractivity contribution in [2.24, 2.45) is 0 Å². The predicted octanol–water partition coefficient (Wildman–Crippen LogP) is 1.22. The Hall–Kier alpha value is -2.89. The van der Waals surface area contributed by atoms with Gasteiger partial charge in [0.25, 0.3) is 5.91 Å². The minimum atomic E-state index is -0.382. The van der Waals surface area contributed by atoms with Crippen molar-refractivity contribution in [3.05, 3.63) is 64.3 Å². The van der Waals surface area contributed by atoms with Gasteiger partial charge in [-0.05, 0) is 12.1 Å². The van der Waals surface area contributed by atoms with Crippen LogP contribution in [0.15, 0.2) is 47.5 Å². The first-order valence-electron chi connectivity index (χ1n) is 6.63. The summed E-state index contributed by atoms with van der Waals surface area (Å²) in [5.41, 5.74) is 1.69. The van der Waals surface area contributed by atoms with Crippen LogP contribution in [0, 0.1) is 0 Å². The van der Waals surface area contributed by atoms with Crippen LogP contribution < -0.4 is 10.7 Å². The normalized spacial score (nSPS) is 10.7. The van der Waals surface area contributed by atoms with Crippen molar-refractivity contribution in [1.29, 1.82) is 0 Å². The van der Waals surface area contributed by atoms with Crippen LogP contribution in [0.25, 0.3) is 11.0 Å². The molecule has 21 heavy (non-hydrogen) atoms. The van der Waals surface area contributed by atoms with Gasteiger partial charge in [0.05, 0.1) is 11.0 Å². The maximum Gasteiger partial charge on any atom is 0.256 e. The molecule has 0 spiro atoms. The number of nitrogens with one attached hydrogen (secondary N) is 3. The molecule has 3 N–H and O–H groups in total. The first kappa shape index (κ1) is 13.1. The SMILES string of the molecule is O=C(NCCc1nc2ccccc2[nH]1)c1c[nH]ccc1=O. The Morgan fingerprint density at radius 3 is 2.90 bits per heavy atom. The van der Waals surface area contributed by atoms with Gasteiger partial charge in [0.15, 0.2) is 5.43 Å². The lowest BCUT2D eigenvalue weighted by atomic mass is 10.2. The van der Waals surface area contributed by atoms with E-state index in [2.05, 4.69) is 20.3 Å². The quantitative estimate of drug-likeness (QED) is 0.672. The highest BCUT2D eigenvalue weighted by Gasteiger charge is 2.09. The minimum absolute atomic E-state index is 0.113. The largest absolute Gasteiger partial charge is 0.367 e. The third-order valence-electron chi connectivity index (χ3n) is 3.15. The number of benzene rings is 1. The van der Waals surface area contributed by atoms with Gasteiger partial charge < -0.3 is 15.3 Å². The second kappa shape index (κ2) is 5.62. The number of imidazole rings is 1. The number of pyridine rings is 1. The topological polar surface area (TPSA) is 90.6 Å². The van der Waals surface area contributed by atoms with E-state index in [1.165, 1.54) is 18.5 Å². The lowest BCUT2D eigenvalue weighted by Gasteiger charge is -2.02. The predicted molar refractivity (Wildman–Crippen MR) is 79.2 cm³/mol. The van der Waals surface area contributed by atoms with E-state index in [1.807, 2.05) is 24.3 Å². The lowest BCUT2D eigenvalue weighted by molar-refractivity contribution is 0.0952. The molecule has 106 valence electrons. The summed E-state index contributed by atoms with van der Waals surface area (Å²) in [5, 5.41) is 2.71. The number of carbonyl (C=O) groups excluding carboxylic acids is 1. The fourth-order valence-electron chi connectivity index (χ4n) is 2.11. The highest BCUT2D eigenvalue weighted by Crippen LogP contribution is 2.10. The molecule has 1 amide bonds. The summed E-state index contributed by atoms with van der Waals surface area (Å²) in [6.45, 7) is 0.410. The Balaban J connectivity index is 1.62. The number of carbonyl (C=O) groups is 1. The Bertz CT molecular complexity index is 802. The molecule has 6 heteroatoms. The molecule has 0 atom stereocenters. The number of hydrogen-bond donors (Lipinski definition) is 3. The zero-order valence-corrected chi connectivity index (χ0v) is 11.2. The summed E-state index contributed by atoms with van der Waals surface area (Å²) >= 11 is 0. The number of amides is 1. The van der Waals surface area contributed by atoms with E-state index in [9.17, 15) is 9.59 Å². The number of fused-ring (bicyclic) bond motifs is 1. The van der Waals surface area contributed by atoms with E-state index in [0.29, 0.717) is 13.0 Å². The molecule has 0 saturated heterocycles. The molecular formula is C15H14N4O2. The fraction of sp³-hybridized carbons (Fsp3) is 0.133. The third-order valence-corrected chi connectivity index (χ3v) is 3.15. The Morgan fingerprint density at radius 2 is 2.10 bits per heavy atom. The van der Waals surface area contributed by atoms with Gasteiger partial charge in [0.2, 0.25) is 0 Å². The summed E-state index contributed by atoms with van der Waals surface area (Å²) in [5.74, 6) is 0.423. The summed E-state index contributed by atoms with van der Waals surface area (Å²) in [6.07, 6.45) is 3.47. The molecule has 3 rings (SSSR count). The molecule has 0 aliphatic carbocycles. The van der Waals surface area contributed by atoms with E-state index in [-0.39, 0.29) is 16.9 Å². The summed E-state index contributed by atoms with van der Waals surface area (Å²) < 4.78 is 0. The minimum Gasteiger partial charge on any atom is -0.367 e. The van der Waals surface area contributed by atoms with Crippen LogP contribution in [0.2, 0.25) is 0 Å². The number of H-pyrrole nitrogens is 2. The second-order valence-corrected chi connectivity index (χ2v) is 4.63. The lowest BCUT2D eigenvalue weighted by Crippen LogP contribution is -2.30. The fourth-order valence-corrected chi connectivity index (χ4v) is 2.11. The van der Waals surface area contributed by atoms with E-state index in [1.54, 1.807) is 0 Å². The van der Waals surface area contributed by atoms with Crippen LogP contribution in [0.5, 0.6) is 0 Å². The molecule has 0 unspecified atom stereocenters. The molecular weight excluding hydrogens is 268 g/mol. The van der Waals surface area contributed by atoms with Crippen molar-refractivity contribution in [2.75, 3.05) is 6.54 Å². The zero-order valence-electron chi connectivity index (χ0n) is 11.2. The molecule has 1 aromatic carbocycles. The average Bonchev–Trinajstić information content (AvgIpc) is 2.90.